The van der Waals surface area contributed by atoms with E-state index in [1.165, 1.54) is 24.0 Å². The highest BCUT2D eigenvalue weighted by Crippen LogP contribution is 2.29. The lowest BCUT2D eigenvalue weighted by Gasteiger charge is -2.40. The van der Waals surface area contributed by atoms with Crippen LogP contribution < -0.4 is 10.6 Å². The molecule has 1 unspecified atom stereocenters. The van der Waals surface area contributed by atoms with Crippen LogP contribution in [0, 0.1) is 11.3 Å². The van der Waals surface area contributed by atoms with Gasteiger partial charge in [-0.2, -0.15) is 0 Å². The average Bonchev–Trinajstić information content (AvgIpc) is 2.79. The Balaban J connectivity index is 3.32. The summed E-state index contributed by atoms with van der Waals surface area (Å²) < 4.78 is 0. The molecule has 37 heavy (non-hydrogen) atoms. The van der Waals surface area contributed by atoms with E-state index in [2.05, 4.69) is 10.6 Å². The number of carbonyl (C=O) groups excluding carboxylic acids is 2. The van der Waals surface area contributed by atoms with Crippen LogP contribution in [-0.2, 0) is 19.8 Å². The third-order valence-corrected chi connectivity index (χ3v) is 6.78. The second-order valence-corrected chi connectivity index (χ2v) is 11.5. The third kappa shape index (κ3) is 7.89. The SMILES string of the molecule is CN[C@H](C(=O)NC(C(=O)N(C)[C@H](/C=C(\C)C(=O)O)C(C)C)C(C)(C)C)C(C)(C)c1ccc(C(=O)O)cc1. The first-order valence-electron chi connectivity index (χ1n) is 12.4. The molecule has 1 rings (SSSR count). The molecule has 0 aromatic heterocycles. The van der Waals surface area contributed by atoms with Crippen LogP contribution in [0.3, 0.4) is 0 Å². The van der Waals surface area contributed by atoms with Gasteiger partial charge in [0.05, 0.1) is 17.6 Å². The normalized spacial score (nSPS) is 15.1. The number of nitrogens with one attached hydrogen (secondary N) is 2. The number of carboxylic acid groups (broad SMARTS) is 2. The molecule has 206 valence electrons. The van der Waals surface area contributed by atoms with Gasteiger partial charge in [0, 0.05) is 18.0 Å². The molecular weight excluding hydrogens is 474 g/mol. The molecule has 1 aromatic carbocycles. The van der Waals surface area contributed by atoms with Crippen molar-refractivity contribution in [1.29, 1.82) is 0 Å². The molecule has 0 aliphatic heterocycles. The molecule has 0 heterocycles. The van der Waals surface area contributed by atoms with Gasteiger partial charge in [0.2, 0.25) is 11.8 Å². The molecule has 0 bridgehead atoms. The van der Waals surface area contributed by atoms with Gasteiger partial charge in [0.25, 0.3) is 0 Å². The first-order valence-corrected chi connectivity index (χ1v) is 12.4. The van der Waals surface area contributed by atoms with E-state index >= 15 is 0 Å². The van der Waals surface area contributed by atoms with Crippen LogP contribution in [0.4, 0.5) is 0 Å². The van der Waals surface area contributed by atoms with Gasteiger partial charge in [0.1, 0.15) is 6.04 Å². The molecular formula is C28H43N3O6. The van der Waals surface area contributed by atoms with E-state index < -0.39 is 40.9 Å². The van der Waals surface area contributed by atoms with E-state index in [0.29, 0.717) is 0 Å². The number of aromatic carboxylic acids is 1. The van der Waals surface area contributed by atoms with Crippen LogP contribution >= 0.6 is 0 Å². The molecule has 0 saturated heterocycles. The summed E-state index contributed by atoms with van der Waals surface area (Å²) in [7, 11) is 3.28. The number of likely N-dealkylation sites (N-methyl/N-ethyl adjacent to an activating group) is 2. The second-order valence-electron chi connectivity index (χ2n) is 11.5. The summed E-state index contributed by atoms with van der Waals surface area (Å²) in [5.41, 5.74) is -0.329. The van der Waals surface area contributed by atoms with Crippen molar-refractivity contribution < 1.29 is 29.4 Å². The number of benzene rings is 1. The minimum Gasteiger partial charge on any atom is -0.478 e. The number of rotatable bonds is 11. The maximum absolute atomic E-state index is 13.7. The molecule has 0 fully saturated rings. The van der Waals surface area contributed by atoms with E-state index in [1.54, 1.807) is 32.3 Å². The minimum atomic E-state index is -1.05. The van der Waals surface area contributed by atoms with E-state index in [-0.39, 0.29) is 28.9 Å². The molecule has 0 spiro atoms. The number of amides is 2. The number of carbonyl (C=O) groups is 4. The van der Waals surface area contributed by atoms with Crippen LogP contribution in [0.25, 0.3) is 0 Å². The Kier molecular flexibility index (Phi) is 10.6. The third-order valence-electron chi connectivity index (χ3n) is 6.78. The van der Waals surface area contributed by atoms with Gasteiger partial charge in [-0.3, -0.25) is 9.59 Å². The van der Waals surface area contributed by atoms with Crippen LogP contribution in [0.2, 0.25) is 0 Å². The fourth-order valence-corrected chi connectivity index (χ4v) is 4.33. The van der Waals surface area contributed by atoms with Crippen LogP contribution in [0.1, 0.15) is 71.3 Å². The van der Waals surface area contributed by atoms with E-state index in [0.717, 1.165) is 5.56 Å². The van der Waals surface area contributed by atoms with Crippen molar-refractivity contribution in [3.8, 4) is 0 Å². The van der Waals surface area contributed by atoms with Crippen molar-refractivity contribution in [1.82, 2.24) is 15.5 Å². The van der Waals surface area contributed by atoms with Gasteiger partial charge in [-0.25, -0.2) is 9.59 Å². The highest BCUT2D eigenvalue weighted by Gasteiger charge is 2.41. The van der Waals surface area contributed by atoms with Gasteiger partial charge in [-0.15, -0.1) is 0 Å². The summed E-state index contributed by atoms with van der Waals surface area (Å²) in [6.45, 7) is 14.6. The monoisotopic (exact) mass is 517 g/mol. The highest BCUT2D eigenvalue weighted by atomic mass is 16.4. The summed E-state index contributed by atoms with van der Waals surface area (Å²) >= 11 is 0. The predicted molar refractivity (Wildman–Crippen MR) is 143 cm³/mol. The maximum atomic E-state index is 13.7. The fraction of sp³-hybridized carbons (Fsp3) is 0.571. The lowest BCUT2D eigenvalue weighted by molar-refractivity contribution is -0.141. The van der Waals surface area contributed by atoms with Crippen molar-refractivity contribution in [3.05, 3.63) is 47.0 Å². The van der Waals surface area contributed by atoms with Crippen molar-refractivity contribution >= 4 is 23.8 Å². The number of hydrogen-bond donors (Lipinski definition) is 4. The molecule has 4 N–H and O–H groups in total. The standard InChI is InChI=1S/C28H43N3O6/c1-16(2)20(15-17(3)25(34)35)31(10)24(33)22(27(4,5)6)30-23(32)21(29-9)28(7,8)19-13-11-18(12-14-19)26(36)37/h11-16,20-22,29H,1-10H3,(H,30,32)(H,34,35)(H,36,37)/b17-15+/t20-,21-,22?/m1/s1. The molecule has 1 aromatic rings. The maximum Gasteiger partial charge on any atom is 0.335 e. The number of nitrogens with zero attached hydrogens (tertiary/aromatic N) is 1. The Morgan fingerprint density at radius 3 is 1.84 bits per heavy atom. The minimum absolute atomic E-state index is 0.0580. The molecule has 9 nitrogen and oxygen atoms in total. The number of hydrogen-bond acceptors (Lipinski definition) is 5. The number of aliphatic carboxylic acids is 1. The largest absolute Gasteiger partial charge is 0.478 e. The Labute approximate surface area is 220 Å². The molecule has 2 amide bonds. The van der Waals surface area contributed by atoms with E-state index in [9.17, 15) is 29.4 Å². The van der Waals surface area contributed by atoms with E-state index in [4.69, 9.17) is 0 Å². The molecule has 0 saturated carbocycles. The Morgan fingerprint density at radius 1 is 0.946 bits per heavy atom. The van der Waals surface area contributed by atoms with Crippen molar-refractivity contribution in [2.24, 2.45) is 11.3 Å². The van der Waals surface area contributed by atoms with Crippen LogP contribution in [0.15, 0.2) is 35.9 Å². The zero-order valence-corrected chi connectivity index (χ0v) is 23.7. The molecule has 9 heteroatoms. The molecule has 0 aliphatic rings. The zero-order chi connectivity index (χ0) is 28.9. The number of carboxylic acids is 2. The smallest absolute Gasteiger partial charge is 0.335 e. The quantitative estimate of drug-likeness (QED) is 0.331. The van der Waals surface area contributed by atoms with Crippen molar-refractivity contribution in [2.45, 2.75) is 78.9 Å². The predicted octanol–water partition coefficient (Wildman–Crippen LogP) is 3.30. The Morgan fingerprint density at radius 2 is 1.46 bits per heavy atom. The average molecular weight is 518 g/mol. The Bertz CT molecular complexity index is 1020. The highest BCUT2D eigenvalue weighted by molar-refractivity contribution is 5.92. The summed E-state index contributed by atoms with van der Waals surface area (Å²) in [6.07, 6.45) is 1.56. The summed E-state index contributed by atoms with van der Waals surface area (Å²) in [5.74, 6) is -2.85. The summed E-state index contributed by atoms with van der Waals surface area (Å²) in [4.78, 5) is 51.4. The lowest BCUT2D eigenvalue weighted by Crippen LogP contribution is -2.61. The van der Waals surface area contributed by atoms with Crippen LogP contribution in [0.5, 0.6) is 0 Å². The van der Waals surface area contributed by atoms with Crippen LogP contribution in [-0.4, -0.2) is 71.1 Å². The van der Waals surface area contributed by atoms with Gasteiger partial charge in [-0.1, -0.05) is 66.7 Å². The Hall–Kier alpha value is -3.20. The first-order chi connectivity index (χ1) is 16.9. The summed E-state index contributed by atoms with van der Waals surface area (Å²) in [5, 5.41) is 24.5. The molecule has 0 radical (unpaired) electrons. The van der Waals surface area contributed by atoms with Gasteiger partial charge >= 0.3 is 11.9 Å². The first kappa shape index (κ1) is 31.8. The van der Waals surface area contributed by atoms with E-state index in [1.807, 2.05) is 48.5 Å². The molecule has 3 atom stereocenters. The zero-order valence-electron chi connectivity index (χ0n) is 23.7. The topological polar surface area (TPSA) is 136 Å². The second kappa shape index (κ2) is 12.4. The fourth-order valence-electron chi connectivity index (χ4n) is 4.33. The van der Waals surface area contributed by atoms with Crippen molar-refractivity contribution in [2.75, 3.05) is 14.1 Å². The van der Waals surface area contributed by atoms with Gasteiger partial charge in [0.15, 0.2) is 0 Å². The lowest BCUT2D eigenvalue weighted by atomic mass is 9.76. The van der Waals surface area contributed by atoms with Crippen molar-refractivity contribution in [3.63, 3.8) is 0 Å². The molecule has 0 aliphatic carbocycles. The summed E-state index contributed by atoms with van der Waals surface area (Å²) in [6, 6.07) is 4.27. The van der Waals surface area contributed by atoms with Gasteiger partial charge < -0.3 is 25.7 Å². The van der Waals surface area contributed by atoms with Gasteiger partial charge in [-0.05, 0) is 43.0 Å².